The van der Waals surface area contributed by atoms with Gasteiger partial charge in [-0.3, -0.25) is 4.79 Å². The average molecular weight is 788 g/mol. The quantitative estimate of drug-likeness (QED) is 0.0365. The summed E-state index contributed by atoms with van der Waals surface area (Å²) in [6.45, 7) is 4.13. The van der Waals surface area contributed by atoms with Crippen LogP contribution < -0.4 is 5.32 Å². The van der Waals surface area contributed by atoms with E-state index in [1.807, 2.05) is 6.08 Å². The Morgan fingerprint density at radius 2 is 0.857 bits per heavy atom. The van der Waals surface area contributed by atoms with Crippen LogP contribution in [0.4, 0.5) is 0 Å². The topological polar surface area (TPSA) is 89.8 Å². The monoisotopic (exact) mass is 788 g/mol. The lowest BCUT2D eigenvalue weighted by Crippen LogP contribution is -2.45. The molecule has 0 aromatic rings. The second kappa shape index (κ2) is 46.3. The molecule has 5 heteroatoms. The number of hydrogen-bond acceptors (Lipinski definition) is 4. The predicted octanol–water partition coefficient (Wildman–Crippen LogP) is 14.7. The lowest BCUT2D eigenvalue weighted by Gasteiger charge is -2.21. The maximum atomic E-state index is 12.5. The molecule has 0 aromatic heterocycles. The lowest BCUT2D eigenvalue weighted by molar-refractivity contribution is -0.124. The summed E-state index contributed by atoms with van der Waals surface area (Å²) in [4.78, 5) is 12.5. The minimum atomic E-state index is -0.929. The Labute approximate surface area is 349 Å². The van der Waals surface area contributed by atoms with Crippen molar-refractivity contribution in [1.82, 2.24) is 5.32 Å². The third-order valence-electron chi connectivity index (χ3n) is 11.4. The molecule has 0 fully saturated rings. The van der Waals surface area contributed by atoms with Gasteiger partial charge in [0.2, 0.25) is 5.91 Å². The van der Waals surface area contributed by atoms with Gasteiger partial charge in [-0.15, -0.1) is 0 Å². The number of hydrogen-bond donors (Lipinski definition) is 4. The summed E-state index contributed by atoms with van der Waals surface area (Å²) in [5.41, 5.74) is 0. The van der Waals surface area contributed by atoms with Crippen LogP contribution in [0.15, 0.2) is 36.5 Å². The molecule has 3 unspecified atom stereocenters. The molecule has 3 atom stereocenters. The van der Waals surface area contributed by atoms with E-state index in [2.05, 4.69) is 43.5 Å². The largest absolute Gasteiger partial charge is 0.394 e. The number of allylic oxidation sites excluding steroid dienone is 5. The number of carbonyl (C=O) groups excluding carboxylic acids is 1. The summed E-state index contributed by atoms with van der Waals surface area (Å²) in [6, 6.07) is -0.744. The van der Waals surface area contributed by atoms with E-state index in [0.29, 0.717) is 6.42 Å². The zero-order valence-electron chi connectivity index (χ0n) is 37.5. The maximum absolute atomic E-state index is 12.5. The zero-order valence-corrected chi connectivity index (χ0v) is 37.5. The van der Waals surface area contributed by atoms with E-state index in [0.717, 1.165) is 38.5 Å². The van der Waals surface area contributed by atoms with Gasteiger partial charge in [-0.05, 0) is 44.9 Å². The van der Waals surface area contributed by atoms with Crippen molar-refractivity contribution in [2.75, 3.05) is 6.61 Å². The fourth-order valence-electron chi connectivity index (χ4n) is 7.67. The first-order valence-corrected chi connectivity index (χ1v) is 24.8. The second-order valence-electron chi connectivity index (χ2n) is 17.0. The second-order valence-corrected chi connectivity index (χ2v) is 17.0. The number of carbonyl (C=O) groups is 1. The highest BCUT2D eigenvalue weighted by Crippen LogP contribution is 2.17. The van der Waals surface area contributed by atoms with Crippen molar-refractivity contribution < 1.29 is 20.1 Å². The van der Waals surface area contributed by atoms with Crippen molar-refractivity contribution in [2.24, 2.45) is 0 Å². The molecular weight excluding hydrogens is 691 g/mol. The van der Waals surface area contributed by atoms with Crippen LogP contribution in [0.5, 0.6) is 0 Å². The summed E-state index contributed by atoms with van der Waals surface area (Å²) >= 11 is 0. The van der Waals surface area contributed by atoms with Gasteiger partial charge in [0.1, 0.15) is 0 Å². The molecule has 0 aliphatic rings. The summed E-state index contributed by atoms with van der Waals surface area (Å²) in [5.74, 6) is -0.314. The Balaban J connectivity index is 3.61. The average Bonchev–Trinajstić information content (AvgIpc) is 3.19. The first-order valence-electron chi connectivity index (χ1n) is 24.8. The lowest BCUT2D eigenvalue weighted by atomic mass is 10.0. The standard InChI is InChI=1S/C51H97NO4/c1-3-5-7-9-11-13-15-17-19-21-23-24-25-27-29-31-33-35-37-39-41-43-45-50(55)49(47-53)52-51(56)46-48(54)44-42-40-38-36-34-32-30-28-26-22-20-18-16-14-12-10-8-6-4-2/h6,8,12,14,43,45,48-50,53-55H,3-5,7,9-11,13,15-42,44,46-47H2,1-2H3,(H,52,56)/b8-6-,14-12-,45-43+. The summed E-state index contributed by atoms with van der Waals surface area (Å²) in [7, 11) is 0. The number of unbranched alkanes of at least 4 members (excludes halogenated alkanes) is 32. The van der Waals surface area contributed by atoms with Crippen LogP contribution in [-0.2, 0) is 4.79 Å². The van der Waals surface area contributed by atoms with Crippen LogP contribution >= 0.6 is 0 Å². The van der Waals surface area contributed by atoms with E-state index in [-0.39, 0.29) is 18.9 Å². The highest BCUT2D eigenvalue weighted by molar-refractivity contribution is 5.76. The first-order chi connectivity index (χ1) is 27.5. The third kappa shape index (κ3) is 42.2. The molecule has 5 nitrogen and oxygen atoms in total. The van der Waals surface area contributed by atoms with Gasteiger partial charge in [-0.2, -0.15) is 0 Å². The minimum Gasteiger partial charge on any atom is -0.394 e. The Kier molecular flexibility index (Phi) is 45.1. The molecule has 56 heavy (non-hydrogen) atoms. The molecular formula is C51H97NO4. The number of aliphatic hydroxyl groups is 3. The van der Waals surface area contributed by atoms with Gasteiger partial charge in [0.05, 0.1) is 31.3 Å². The van der Waals surface area contributed by atoms with Crippen LogP contribution in [0.3, 0.4) is 0 Å². The smallest absolute Gasteiger partial charge is 0.222 e. The summed E-state index contributed by atoms with van der Waals surface area (Å²) in [6.07, 6.45) is 58.8. The van der Waals surface area contributed by atoms with E-state index in [9.17, 15) is 20.1 Å². The van der Waals surface area contributed by atoms with E-state index in [1.54, 1.807) is 6.08 Å². The van der Waals surface area contributed by atoms with Gasteiger partial charge >= 0.3 is 0 Å². The molecule has 1 amide bonds. The fourth-order valence-corrected chi connectivity index (χ4v) is 7.67. The van der Waals surface area contributed by atoms with Crippen LogP contribution in [0.25, 0.3) is 0 Å². The van der Waals surface area contributed by atoms with Crippen LogP contribution in [0.1, 0.15) is 258 Å². The Bertz CT molecular complexity index is 870. The van der Waals surface area contributed by atoms with Gasteiger partial charge in [0.25, 0.3) is 0 Å². The van der Waals surface area contributed by atoms with E-state index >= 15 is 0 Å². The molecule has 0 saturated carbocycles. The van der Waals surface area contributed by atoms with Crippen molar-refractivity contribution in [1.29, 1.82) is 0 Å². The molecule has 330 valence electrons. The molecule has 0 aliphatic heterocycles. The van der Waals surface area contributed by atoms with Crippen molar-refractivity contribution >= 4 is 5.91 Å². The van der Waals surface area contributed by atoms with Gasteiger partial charge < -0.3 is 20.6 Å². The number of aliphatic hydroxyl groups excluding tert-OH is 3. The number of amides is 1. The molecule has 0 saturated heterocycles. The third-order valence-corrected chi connectivity index (χ3v) is 11.4. The van der Waals surface area contributed by atoms with Gasteiger partial charge in [0.15, 0.2) is 0 Å². The van der Waals surface area contributed by atoms with E-state index in [4.69, 9.17) is 0 Å². The zero-order chi connectivity index (χ0) is 40.8. The minimum absolute atomic E-state index is 0.0136. The number of rotatable bonds is 45. The van der Waals surface area contributed by atoms with Crippen LogP contribution in [0.2, 0.25) is 0 Å². The van der Waals surface area contributed by atoms with Crippen molar-refractivity contribution in [3.8, 4) is 0 Å². The molecule has 0 radical (unpaired) electrons. The highest BCUT2D eigenvalue weighted by Gasteiger charge is 2.20. The van der Waals surface area contributed by atoms with Crippen LogP contribution in [0, 0.1) is 0 Å². The van der Waals surface area contributed by atoms with Gasteiger partial charge in [-0.25, -0.2) is 0 Å². The Morgan fingerprint density at radius 1 is 0.482 bits per heavy atom. The first kappa shape index (κ1) is 54.6. The summed E-state index contributed by atoms with van der Waals surface area (Å²) in [5, 5.41) is 33.4. The van der Waals surface area contributed by atoms with E-state index < -0.39 is 18.2 Å². The Hall–Kier alpha value is -1.43. The molecule has 0 aliphatic carbocycles. The van der Waals surface area contributed by atoms with Crippen LogP contribution in [-0.4, -0.2) is 46.1 Å². The summed E-state index contributed by atoms with van der Waals surface area (Å²) < 4.78 is 0. The molecule has 0 bridgehead atoms. The molecule has 4 N–H and O–H groups in total. The predicted molar refractivity (Wildman–Crippen MR) is 245 cm³/mol. The normalized spacial score (nSPS) is 13.7. The number of nitrogens with one attached hydrogen (secondary N) is 1. The van der Waals surface area contributed by atoms with Crippen molar-refractivity contribution in [2.45, 2.75) is 276 Å². The maximum Gasteiger partial charge on any atom is 0.222 e. The van der Waals surface area contributed by atoms with E-state index in [1.165, 1.54) is 193 Å². The Morgan fingerprint density at radius 3 is 1.27 bits per heavy atom. The van der Waals surface area contributed by atoms with Crippen molar-refractivity contribution in [3.05, 3.63) is 36.5 Å². The molecule has 0 spiro atoms. The molecule has 0 aromatic carbocycles. The molecule has 0 rings (SSSR count). The fraction of sp³-hybridized carbons (Fsp3) is 0.863. The van der Waals surface area contributed by atoms with Crippen molar-refractivity contribution in [3.63, 3.8) is 0 Å². The molecule has 0 heterocycles. The highest BCUT2D eigenvalue weighted by atomic mass is 16.3. The SMILES string of the molecule is CC/C=C\C/C=C\CCCCCCCCCCCCCCC(O)CC(=O)NC(CO)C(O)/C=C/CCCCCCCCCCCCCCCCCCCCCC. The van der Waals surface area contributed by atoms with Gasteiger partial charge in [0, 0.05) is 0 Å². The van der Waals surface area contributed by atoms with Gasteiger partial charge in [-0.1, -0.05) is 243 Å².